The van der Waals surface area contributed by atoms with Crippen LogP contribution in [-0.4, -0.2) is 34.5 Å². The summed E-state index contributed by atoms with van der Waals surface area (Å²) in [5, 5.41) is 6.12. The van der Waals surface area contributed by atoms with E-state index in [1.165, 1.54) is 15.8 Å². The van der Waals surface area contributed by atoms with Crippen molar-refractivity contribution in [3.63, 3.8) is 0 Å². The first kappa shape index (κ1) is 10.3. The van der Waals surface area contributed by atoms with Gasteiger partial charge in [0.05, 0.1) is 18.4 Å². The van der Waals surface area contributed by atoms with Crippen molar-refractivity contribution in [1.82, 2.24) is 15.1 Å². The fourth-order valence-electron chi connectivity index (χ4n) is 1.48. The topological polar surface area (TPSA) is 84.3 Å². The smallest absolute Gasteiger partial charge is 0.301 e. The molecule has 1 aliphatic heterocycles. The Labute approximate surface area is 91.0 Å². The second kappa shape index (κ2) is 4.13. The molecule has 0 spiro atoms. The van der Waals surface area contributed by atoms with E-state index < -0.39 is 6.03 Å². The number of nitrogens with zero attached hydrogens (tertiary/aromatic N) is 3. The van der Waals surface area contributed by atoms with E-state index in [2.05, 4.69) is 10.4 Å². The van der Waals surface area contributed by atoms with Gasteiger partial charge in [0, 0.05) is 19.2 Å². The molecule has 1 aromatic rings. The van der Waals surface area contributed by atoms with Gasteiger partial charge in [0.15, 0.2) is 0 Å². The molecule has 84 valence electrons. The molecule has 2 heterocycles. The summed E-state index contributed by atoms with van der Waals surface area (Å²) >= 11 is 0. The molecule has 7 nitrogen and oxygen atoms in total. The summed E-state index contributed by atoms with van der Waals surface area (Å²) in [6.45, 7) is 0.478. The number of nitrogens with one attached hydrogen (secondary N) is 1. The van der Waals surface area contributed by atoms with Gasteiger partial charge < -0.3 is 4.79 Å². The van der Waals surface area contributed by atoms with E-state index in [1.807, 2.05) is 0 Å². The van der Waals surface area contributed by atoms with Crippen LogP contribution in [-0.2, 0) is 16.1 Å². The highest BCUT2D eigenvalue weighted by Crippen LogP contribution is 2.15. The number of carbonyl (C=O) groups excluding carboxylic acids is 3. The Morgan fingerprint density at radius 2 is 2.31 bits per heavy atom. The van der Waals surface area contributed by atoms with Crippen LogP contribution in [0.1, 0.15) is 6.42 Å². The quantitative estimate of drug-likeness (QED) is 0.700. The van der Waals surface area contributed by atoms with Gasteiger partial charge in [-0.1, -0.05) is 0 Å². The Hall–Kier alpha value is -2.18. The lowest BCUT2D eigenvalue weighted by Crippen LogP contribution is -2.49. The zero-order valence-electron chi connectivity index (χ0n) is 8.42. The second-order valence-electron chi connectivity index (χ2n) is 3.34. The predicted molar refractivity (Wildman–Crippen MR) is 53.8 cm³/mol. The van der Waals surface area contributed by atoms with Gasteiger partial charge in [0.2, 0.25) is 5.91 Å². The van der Waals surface area contributed by atoms with E-state index in [1.54, 1.807) is 6.20 Å². The molecule has 0 unspecified atom stereocenters. The number of urea groups is 1. The van der Waals surface area contributed by atoms with Crippen LogP contribution in [0.15, 0.2) is 12.4 Å². The van der Waals surface area contributed by atoms with Crippen LogP contribution in [0, 0.1) is 0 Å². The van der Waals surface area contributed by atoms with Gasteiger partial charge in [0.25, 0.3) is 0 Å². The average Bonchev–Trinajstić information content (AvgIpc) is 2.67. The molecule has 0 aromatic carbocycles. The number of hydrogen-bond acceptors (Lipinski definition) is 4. The number of imide groups is 1. The molecule has 1 fully saturated rings. The number of anilines is 1. The van der Waals surface area contributed by atoms with Crippen molar-refractivity contribution in [2.75, 3.05) is 11.4 Å². The normalized spacial score (nSPS) is 16.1. The monoisotopic (exact) mass is 222 g/mol. The Kier molecular flexibility index (Phi) is 2.67. The maximum absolute atomic E-state index is 11.5. The lowest BCUT2D eigenvalue weighted by atomic mass is 10.3. The van der Waals surface area contributed by atoms with Crippen molar-refractivity contribution >= 4 is 23.9 Å². The standard InChI is InChI=1S/C9H10N4O3/c14-4-3-12-6-7(5-10-12)13-2-1-8(15)11-9(13)16/h4-6H,1-3H2,(H,11,15,16). The molecular weight excluding hydrogens is 212 g/mol. The third-order valence-corrected chi connectivity index (χ3v) is 2.25. The molecule has 0 aliphatic carbocycles. The van der Waals surface area contributed by atoms with Crippen molar-refractivity contribution in [3.05, 3.63) is 12.4 Å². The highest BCUT2D eigenvalue weighted by Gasteiger charge is 2.24. The molecule has 16 heavy (non-hydrogen) atoms. The van der Waals surface area contributed by atoms with Crippen LogP contribution in [0.25, 0.3) is 0 Å². The summed E-state index contributed by atoms with van der Waals surface area (Å²) in [7, 11) is 0. The van der Waals surface area contributed by atoms with E-state index in [0.717, 1.165) is 6.29 Å². The van der Waals surface area contributed by atoms with Gasteiger partial charge in [0.1, 0.15) is 6.29 Å². The summed E-state index contributed by atoms with van der Waals surface area (Å²) in [6.07, 6.45) is 4.06. The highest BCUT2D eigenvalue weighted by atomic mass is 16.2. The molecule has 7 heteroatoms. The van der Waals surface area contributed by atoms with Gasteiger partial charge in [-0.2, -0.15) is 5.10 Å². The van der Waals surface area contributed by atoms with E-state index in [0.29, 0.717) is 12.2 Å². The third-order valence-electron chi connectivity index (χ3n) is 2.25. The molecule has 1 aromatic heterocycles. The summed E-state index contributed by atoms with van der Waals surface area (Å²) < 4.78 is 1.42. The van der Waals surface area contributed by atoms with Crippen molar-refractivity contribution in [1.29, 1.82) is 0 Å². The van der Waals surface area contributed by atoms with E-state index in [4.69, 9.17) is 0 Å². The third kappa shape index (κ3) is 1.92. The van der Waals surface area contributed by atoms with E-state index >= 15 is 0 Å². The van der Waals surface area contributed by atoms with Gasteiger partial charge in [-0.15, -0.1) is 0 Å². The number of aromatic nitrogens is 2. The lowest BCUT2D eigenvalue weighted by Gasteiger charge is -2.24. The fourth-order valence-corrected chi connectivity index (χ4v) is 1.48. The largest absolute Gasteiger partial charge is 0.328 e. The molecule has 0 saturated carbocycles. The predicted octanol–water partition coefficient (Wildman–Crippen LogP) is -0.472. The maximum atomic E-state index is 11.5. The molecule has 0 radical (unpaired) electrons. The summed E-state index contributed by atoms with van der Waals surface area (Å²) in [4.78, 5) is 34.1. The fraction of sp³-hybridized carbons (Fsp3) is 0.333. The first-order chi connectivity index (χ1) is 7.70. The maximum Gasteiger partial charge on any atom is 0.328 e. The summed E-state index contributed by atoms with van der Waals surface area (Å²) in [6, 6.07) is -0.457. The number of aldehydes is 1. The molecule has 1 N–H and O–H groups in total. The number of carbonyl (C=O) groups is 3. The summed E-state index contributed by atoms with van der Waals surface area (Å²) in [5.41, 5.74) is 0.576. The lowest BCUT2D eigenvalue weighted by molar-refractivity contribution is -0.120. The molecule has 1 aliphatic rings. The minimum atomic E-state index is -0.457. The Balaban J connectivity index is 2.13. The van der Waals surface area contributed by atoms with Crippen LogP contribution < -0.4 is 10.2 Å². The Morgan fingerprint density at radius 1 is 1.50 bits per heavy atom. The number of rotatable bonds is 3. The SMILES string of the molecule is O=CCn1cc(N2CCC(=O)NC2=O)cn1. The van der Waals surface area contributed by atoms with Gasteiger partial charge in [-0.05, 0) is 0 Å². The zero-order chi connectivity index (χ0) is 11.5. The van der Waals surface area contributed by atoms with Crippen molar-refractivity contribution in [2.24, 2.45) is 0 Å². The van der Waals surface area contributed by atoms with Gasteiger partial charge >= 0.3 is 6.03 Å². The van der Waals surface area contributed by atoms with Crippen LogP contribution in [0.4, 0.5) is 10.5 Å². The van der Waals surface area contributed by atoms with Crippen LogP contribution in [0.5, 0.6) is 0 Å². The minimum Gasteiger partial charge on any atom is -0.301 e. The zero-order valence-corrected chi connectivity index (χ0v) is 8.42. The Bertz CT molecular complexity index is 440. The molecule has 0 bridgehead atoms. The van der Waals surface area contributed by atoms with Crippen molar-refractivity contribution in [3.8, 4) is 0 Å². The van der Waals surface area contributed by atoms with Gasteiger partial charge in [-0.25, -0.2) is 4.79 Å². The van der Waals surface area contributed by atoms with Crippen LogP contribution in [0.3, 0.4) is 0 Å². The van der Waals surface area contributed by atoms with E-state index in [-0.39, 0.29) is 18.9 Å². The van der Waals surface area contributed by atoms with Crippen LogP contribution >= 0.6 is 0 Å². The highest BCUT2D eigenvalue weighted by molar-refractivity contribution is 6.05. The second-order valence-corrected chi connectivity index (χ2v) is 3.34. The molecular formula is C9H10N4O3. The van der Waals surface area contributed by atoms with Crippen molar-refractivity contribution in [2.45, 2.75) is 13.0 Å². The first-order valence-corrected chi connectivity index (χ1v) is 4.78. The van der Waals surface area contributed by atoms with Crippen LogP contribution in [0.2, 0.25) is 0 Å². The van der Waals surface area contributed by atoms with Gasteiger partial charge in [-0.3, -0.25) is 19.7 Å². The summed E-state index contributed by atoms with van der Waals surface area (Å²) in [5.74, 6) is -0.276. The Morgan fingerprint density at radius 3 is 3.00 bits per heavy atom. The molecule has 1 saturated heterocycles. The molecule has 3 amide bonds. The van der Waals surface area contributed by atoms with Crippen molar-refractivity contribution < 1.29 is 14.4 Å². The number of amides is 3. The minimum absolute atomic E-state index is 0.147. The molecule has 0 atom stereocenters. The van der Waals surface area contributed by atoms with E-state index in [9.17, 15) is 14.4 Å². The average molecular weight is 222 g/mol. The first-order valence-electron chi connectivity index (χ1n) is 4.78. The molecule has 2 rings (SSSR count). The number of hydrogen-bond donors (Lipinski definition) is 1.